The third-order valence-electron chi connectivity index (χ3n) is 1.92. The molecule has 0 radical (unpaired) electrons. The summed E-state index contributed by atoms with van der Waals surface area (Å²) in [5, 5.41) is 3.06. The van der Waals surface area contributed by atoms with Gasteiger partial charge in [-0.05, 0) is 47.7 Å². The van der Waals surface area contributed by atoms with Crippen molar-refractivity contribution in [3.05, 3.63) is 39.0 Å². The molecule has 0 fully saturated rings. The third kappa shape index (κ3) is 2.97. The zero-order valence-electron chi connectivity index (χ0n) is 8.70. The van der Waals surface area contributed by atoms with E-state index in [4.69, 9.17) is 0 Å². The second kappa shape index (κ2) is 5.05. The zero-order valence-corrected chi connectivity index (χ0v) is 11.7. The number of aromatic nitrogens is 2. The lowest BCUT2D eigenvalue weighted by Crippen LogP contribution is -2.13. The van der Waals surface area contributed by atoms with Crippen molar-refractivity contribution in [3.8, 4) is 0 Å². The molecule has 0 aliphatic carbocycles. The number of anilines is 1. The molecule has 0 aliphatic rings. The topological polar surface area (TPSA) is 54.9 Å². The minimum atomic E-state index is -0.363. The van der Waals surface area contributed by atoms with Crippen LogP contribution in [0.1, 0.15) is 16.2 Å². The molecule has 0 atom stereocenters. The van der Waals surface area contributed by atoms with E-state index in [0.29, 0.717) is 20.1 Å². The number of nitrogens with zero attached hydrogens (tertiary/aromatic N) is 2. The number of carbonyl (C=O) groups excluding carboxylic acids is 1. The molecule has 17 heavy (non-hydrogen) atoms. The van der Waals surface area contributed by atoms with Crippen LogP contribution in [0.25, 0.3) is 0 Å². The monoisotopic (exact) mass is 363 g/mol. The third-order valence-corrected chi connectivity index (χ3v) is 3.54. The largest absolute Gasteiger partial charge is 0.297 e. The van der Waals surface area contributed by atoms with Crippen molar-refractivity contribution < 1.29 is 9.18 Å². The first-order chi connectivity index (χ1) is 8.06. The minimum Gasteiger partial charge on any atom is -0.297 e. The highest BCUT2D eigenvalue weighted by molar-refractivity contribution is 14.1. The molecule has 7 heteroatoms. The lowest BCUT2D eigenvalue weighted by atomic mass is 10.2. The van der Waals surface area contributed by atoms with Crippen LogP contribution < -0.4 is 5.32 Å². The molecule has 4 nitrogen and oxygen atoms in total. The number of amides is 1. The maximum atomic E-state index is 12.9. The molecule has 1 heterocycles. The molecule has 1 aromatic heterocycles. The van der Waals surface area contributed by atoms with Gasteiger partial charge in [0.05, 0.1) is 5.56 Å². The Morgan fingerprint density at radius 1 is 1.53 bits per heavy atom. The van der Waals surface area contributed by atoms with Crippen molar-refractivity contribution in [1.29, 1.82) is 0 Å². The maximum Gasteiger partial charge on any atom is 0.258 e. The second-order valence-corrected chi connectivity index (χ2v) is 5.14. The van der Waals surface area contributed by atoms with Gasteiger partial charge in [0.2, 0.25) is 5.13 Å². The highest BCUT2D eigenvalue weighted by atomic mass is 127. The van der Waals surface area contributed by atoms with Crippen LogP contribution in [-0.2, 0) is 0 Å². The molecule has 1 amide bonds. The summed E-state index contributed by atoms with van der Waals surface area (Å²) < 4.78 is 17.4. The van der Waals surface area contributed by atoms with E-state index in [1.807, 2.05) is 22.6 Å². The fraction of sp³-hybridized carbons (Fsp3) is 0.100. The van der Waals surface area contributed by atoms with Gasteiger partial charge >= 0.3 is 0 Å². The van der Waals surface area contributed by atoms with Crippen molar-refractivity contribution in [2.24, 2.45) is 0 Å². The molecule has 0 bridgehead atoms. The fourth-order valence-electron chi connectivity index (χ4n) is 1.19. The minimum absolute atomic E-state index is 0.314. The van der Waals surface area contributed by atoms with E-state index < -0.39 is 0 Å². The van der Waals surface area contributed by atoms with Gasteiger partial charge in [0.25, 0.3) is 5.91 Å². The SMILES string of the molecule is Cc1nsc(NC(=O)c2ccc(F)cc2I)n1. The Balaban J connectivity index is 2.20. The number of rotatable bonds is 2. The molecule has 0 aliphatic heterocycles. The first kappa shape index (κ1) is 12.4. The van der Waals surface area contributed by atoms with Crippen LogP contribution in [0.4, 0.5) is 9.52 Å². The summed E-state index contributed by atoms with van der Waals surface area (Å²) in [6, 6.07) is 4.00. The van der Waals surface area contributed by atoms with Crippen molar-refractivity contribution in [1.82, 2.24) is 9.36 Å². The summed E-state index contributed by atoms with van der Waals surface area (Å²) in [7, 11) is 0. The molecule has 2 aromatic rings. The second-order valence-electron chi connectivity index (χ2n) is 3.23. The normalized spacial score (nSPS) is 10.3. The standard InChI is InChI=1S/C10H7FIN3OS/c1-5-13-10(17-15-5)14-9(16)7-3-2-6(11)4-8(7)12/h2-4H,1H3,(H,13,14,15,16). The van der Waals surface area contributed by atoms with Crippen molar-refractivity contribution in [3.63, 3.8) is 0 Å². The summed E-state index contributed by atoms with van der Waals surface area (Å²) in [6.45, 7) is 1.74. The maximum absolute atomic E-state index is 12.9. The Morgan fingerprint density at radius 3 is 2.88 bits per heavy atom. The van der Waals surface area contributed by atoms with E-state index in [9.17, 15) is 9.18 Å². The van der Waals surface area contributed by atoms with Crippen LogP contribution in [0.15, 0.2) is 18.2 Å². The smallest absolute Gasteiger partial charge is 0.258 e. The van der Waals surface area contributed by atoms with Crippen molar-refractivity contribution in [2.45, 2.75) is 6.92 Å². The van der Waals surface area contributed by atoms with E-state index >= 15 is 0 Å². The number of carbonyl (C=O) groups is 1. The van der Waals surface area contributed by atoms with Crippen LogP contribution >= 0.6 is 34.1 Å². The highest BCUT2D eigenvalue weighted by Gasteiger charge is 2.12. The van der Waals surface area contributed by atoms with Gasteiger partial charge in [0, 0.05) is 15.1 Å². The van der Waals surface area contributed by atoms with Gasteiger partial charge in [-0.15, -0.1) is 0 Å². The van der Waals surface area contributed by atoms with E-state index in [-0.39, 0.29) is 11.7 Å². The molecule has 1 N–H and O–H groups in total. The van der Waals surface area contributed by atoms with Crippen LogP contribution in [-0.4, -0.2) is 15.3 Å². The van der Waals surface area contributed by atoms with Gasteiger partial charge in [-0.3, -0.25) is 10.1 Å². The lowest BCUT2D eigenvalue weighted by Gasteiger charge is -2.03. The fourth-order valence-corrected chi connectivity index (χ4v) is 2.48. The van der Waals surface area contributed by atoms with Gasteiger partial charge in [0.1, 0.15) is 11.6 Å². The number of nitrogens with one attached hydrogen (secondary N) is 1. The van der Waals surface area contributed by atoms with E-state index in [0.717, 1.165) is 11.5 Å². The number of benzene rings is 1. The summed E-state index contributed by atoms with van der Waals surface area (Å²) in [5.41, 5.74) is 0.417. The Kier molecular flexibility index (Phi) is 3.67. The molecule has 88 valence electrons. The van der Waals surface area contributed by atoms with E-state index in [1.54, 1.807) is 6.92 Å². The van der Waals surface area contributed by atoms with Gasteiger partial charge in [-0.1, -0.05) is 0 Å². The quantitative estimate of drug-likeness (QED) is 0.835. The molecule has 0 saturated carbocycles. The average molecular weight is 363 g/mol. The average Bonchev–Trinajstić information content (AvgIpc) is 2.63. The molecular formula is C10H7FIN3OS. The van der Waals surface area contributed by atoms with Crippen molar-refractivity contribution >= 4 is 45.2 Å². The van der Waals surface area contributed by atoms with Gasteiger partial charge < -0.3 is 0 Å². The summed E-state index contributed by atoms with van der Waals surface area (Å²) in [5.74, 6) is -0.0673. The van der Waals surface area contributed by atoms with Crippen LogP contribution in [0.2, 0.25) is 0 Å². The molecule has 0 saturated heterocycles. The summed E-state index contributed by atoms with van der Waals surface area (Å²) in [4.78, 5) is 15.9. The molecule has 0 unspecified atom stereocenters. The first-order valence-electron chi connectivity index (χ1n) is 4.63. The summed E-state index contributed by atoms with van der Waals surface area (Å²) >= 11 is 3.03. The Labute approximate surface area is 115 Å². The number of aryl methyl sites for hydroxylation is 1. The summed E-state index contributed by atoms with van der Waals surface area (Å²) in [6.07, 6.45) is 0. The van der Waals surface area contributed by atoms with Gasteiger partial charge in [0.15, 0.2) is 0 Å². The molecule has 2 rings (SSSR count). The van der Waals surface area contributed by atoms with Gasteiger partial charge in [-0.25, -0.2) is 9.37 Å². The predicted octanol–water partition coefficient (Wildman–Crippen LogP) is 2.84. The molecule has 1 aromatic carbocycles. The lowest BCUT2D eigenvalue weighted by molar-refractivity contribution is 0.102. The highest BCUT2D eigenvalue weighted by Crippen LogP contribution is 2.17. The zero-order chi connectivity index (χ0) is 12.4. The van der Waals surface area contributed by atoms with E-state index in [1.165, 1.54) is 18.2 Å². The number of halogens is 2. The Morgan fingerprint density at radius 2 is 2.29 bits per heavy atom. The number of hydrogen-bond donors (Lipinski definition) is 1. The van der Waals surface area contributed by atoms with Crippen LogP contribution in [0.5, 0.6) is 0 Å². The molecule has 0 spiro atoms. The Hall–Kier alpha value is -1.09. The van der Waals surface area contributed by atoms with Crippen molar-refractivity contribution in [2.75, 3.05) is 5.32 Å². The Bertz CT molecular complexity index is 572. The number of hydrogen-bond acceptors (Lipinski definition) is 4. The van der Waals surface area contributed by atoms with Gasteiger partial charge in [-0.2, -0.15) is 4.37 Å². The van der Waals surface area contributed by atoms with Crippen LogP contribution in [0.3, 0.4) is 0 Å². The van der Waals surface area contributed by atoms with E-state index in [2.05, 4.69) is 14.7 Å². The van der Waals surface area contributed by atoms with Crippen LogP contribution in [0, 0.1) is 16.3 Å². The molecular weight excluding hydrogens is 356 g/mol. The first-order valence-corrected chi connectivity index (χ1v) is 6.48. The predicted molar refractivity (Wildman–Crippen MR) is 71.7 cm³/mol.